The van der Waals surface area contributed by atoms with Crippen molar-refractivity contribution < 1.29 is 9.57 Å². The first-order valence-corrected chi connectivity index (χ1v) is 8.77. The molecule has 0 bridgehead atoms. The Balaban J connectivity index is 1.47. The van der Waals surface area contributed by atoms with E-state index in [2.05, 4.69) is 35.3 Å². The van der Waals surface area contributed by atoms with Gasteiger partial charge in [0, 0.05) is 24.4 Å². The molecule has 4 nitrogen and oxygen atoms in total. The van der Waals surface area contributed by atoms with Crippen molar-refractivity contribution in [2.45, 2.75) is 13.0 Å². The Hall–Kier alpha value is -3.27. The first kappa shape index (κ1) is 15.0. The predicted octanol–water partition coefficient (Wildman–Crippen LogP) is 4.27. The third-order valence-corrected chi connectivity index (χ3v) is 4.74. The summed E-state index contributed by atoms with van der Waals surface area (Å²) in [6, 6.07) is 20.6. The average Bonchev–Trinajstić information content (AvgIpc) is 3.33. The number of nitrogens with zero attached hydrogens (tertiary/aromatic N) is 2. The smallest absolute Gasteiger partial charge is 0.140 e. The van der Waals surface area contributed by atoms with Gasteiger partial charge in [0.05, 0.1) is 12.1 Å². The van der Waals surface area contributed by atoms with Gasteiger partial charge in [-0.2, -0.15) is 4.73 Å². The quantitative estimate of drug-likeness (QED) is 0.556. The molecule has 0 radical (unpaired) electrons. The van der Waals surface area contributed by atoms with Gasteiger partial charge < -0.3 is 9.57 Å². The highest BCUT2D eigenvalue weighted by molar-refractivity contribution is 5.81. The van der Waals surface area contributed by atoms with E-state index in [0.717, 1.165) is 46.5 Å². The summed E-state index contributed by atoms with van der Waals surface area (Å²) in [7, 11) is 0. The van der Waals surface area contributed by atoms with Gasteiger partial charge in [-0.05, 0) is 41.0 Å². The molecule has 4 heteroatoms. The first-order chi connectivity index (χ1) is 12.9. The van der Waals surface area contributed by atoms with E-state index in [1.165, 1.54) is 5.56 Å². The van der Waals surface area contributed by atoms with Gasteiger partial charge in [0.25, 0.3) is 0 Å². The third kappa shape index (κ3) is 2.69. The lowest BCUT2D eigenvalue weighted by Crippen LogP contribution is -2.09. The van der Waals surface area contributed by atoms with E-state index in [-0.39, 0.29) is 0 Å². The van der Waals surface area contributed by atoms with Crippen molar-refractivity contribution in [3.63, 3.8) is 0 Å². The Morgan fingerprint density at radius 3 is 2.85 bits per heavy atom. The van der Waals surface area contributed by atoms with Gasteiger partial charge in [-0.25, -0.2) is 0 Å². The number of benzene rings is 2. The minimum Gasteiger partial charge on any atom is -0.493 e. The molecular weight excluding hydrogens is 324 g/mol. The highest BCUT2D eigenvalue weighted by Crippen LogP contribution is 2.31. The summed E-state index contributed by atoms with van der Waals surface area (Å²) in [4.78, 5) is 10.6. The van der Waals surface area contributed by atoms with Crippen LogP contribution in [0.15, 0.2) is 73.1 Å². The lowest BCUT2D eigenvalue weighted by molar-refractivity contribution is 0.107. The zero-order valence-corrected chi connectivity index (χ0v) is 14.3. The Morgan fingerprint density at radius 2 is 1.92 bits per heavy atom. The second kappa shape index (κ2) is 6.23. The van der Waals surface area contributed by atoms with Gasteiger partial charge in [-0.3, -0.25) is 4.98 Å². The fourth-order valence-electron chi connectivity index (χ4n) is 3.34. The molecule has 0 saturated carbocycles. The molecule has 0 spiro atoms. The molecule has 128 valence electrons. The van der Waals surface area contributed by atoms with E-state index < -0.39 is 0 Å². The molecule has 0 N–H and O–H groups in total. The molecule has 2 aromatic heterocycles. The van der Waals surface area contributed by atoms with Gasteiger partial charge in [0.1, 0.15) is 17.9 Å². The topological polar surface area (TPSA) is 36.3 Å². The number of pyridine rings is 1. The van der Waals surface area contributed by atoms with Crippen LogP contribution in [0.3, 0.4) is 0 Å². The van der Waals surface area contributed by atoms with Crippen LogP contribution in [-0.4, -0.2) is 16.3 Å². The second-order valence-corrected chi connectivity index (χ2v) is 6.45. The van der Waals surface area contributed by atoms with E-state index in [1.54, 1.807) is 4.73 Å². The number of hydrogen-bond acceptors (Lipinski definition) is 3. The minimum atomic E-state index is 0.519. The van der Waals surface area contributed by atoms with E-state index in [9.17, 15) is 0 Å². The summed E-state index contributed by atoms with van der Waals surface area (Å²) in [5, 5.41) is 0. The van der Waals surface area contributed by atoms with Crippen LogP contribution in [0.1, 0.15) is 11.1 Å². The van der Waals surface area contributed by atoms with Crippen molar-refractivity contribution in [1.29, 1.82) is 0 Å². The van der Waals surface area contributed by atoms with Gasteiger partial charge in [0.2, 0.25) is 0 Å². The Morgan fingerprint density at radius 1 is 1.00 bits per heavy atom. The third-order valence-electron chi connectivity index (χ3n) is 4.74. The number of aromatic nitrogens is 2. The zero-order valence-electron chi connectivity index (χ0n) is 14.3. The zero-order chi connectivity index (χ0) is 17.3. The highest BCUT2D eigenvalue weighted by atomic mass is 16.7. The van der Waals surface area contributed by atoms with Crippen LogP contribution in [0.25, 0.3) is 22.2 Å². The summed E-state index contributed by atoms with van der Waals surface area (Å²) >= 11 is 0. The van der Waals surface area contributed by atoms with Crippen LogP contribution in [-0.2, 0) is 13.0 Å². The van der Waals surface area contributed by atoms with Crippen LogP contribution in [0.5, 0.6) is 5.75 Å². The fraction of sp³-hybridized carbons (Fsp3) is 0.136. The van der Waals surface area contributed by atoms with Crippen molar-refractivity contribution >= 4 is 11.0 Å². The van der Waals surface area contributed by atoms with Crippen LogP contribution in [0.4, 0.5) is 0 Å². The maximum Gasteiger partial charge on any atom is 0.140 e. The molecule has 0 saturated heterocycles. The SMILES string of the molecule is c1ccc(COn2ccc3ncc(-c4ccc5c(c4)CCO5)cc32)cc1. The number of ether oxygens (including phenoxy) is 1. The summed E-state index contributed by atoms with van der Waals surface area (Å²) in [6.07, 6.45) is 4.80. The second-order valence-electron chi connectivity index (χ2n) is 6.45. The summed E-state index contributed by atoms with van der Waals surface area (Å²) in [5.74, 6) is 0.998. The molecule has 5 rings (SSSR count). The lowest BCUT2D eigenvalue weighted by atomic mass is 10.0. The molecule has 3 heterocycles. The summed E-state index contributed by atoms with van der Waals surface area (Å²) < 4.78 is 7.40. The molecule has 0 unspecified atom stereocenters. The number of fused-ring (bicyclic) bond motifs is 2. The normalized spacial score (nSPS) is 12.8. The first-order valence-electron chi connectivity index (χ1n) is 8.77. The molecule has 0 fully saturated rings. The van der Waals surface area contributed by atoms with Crippen LogP contribution in [0, 0.1) is 0 Å². The van der Waals surface area contributed by atoms with Gasteiger partial charge in [-0.1, -0.05) is 36.4 Å². The molecule has 0 aliphatic carbocycles. The molecule has 26 heavy (non-hydrogen) atoms. The van der Waals surface area contributed by atoms with Crippen molar-refractivity contribution in [2.75, 3.05) is 6.61 Å². The number of hydrogen-bond donors (Lipinski definition) is 0. The van der Waals surface area contributed by atoms with Crippen LogP contribution < -0.4 is 9.57 Å². The van der Waals surface area contributed by atoms with Gasteiger partial charge in [-0.15, -0.1) is 0 Å². The van der Waals surface area contributed by atoms with Crippen LogP contribution in [0.2, 0.25) is 0 Å². The summed E-state index contributed by atoms with van der Waals surface area (Å²) in [5.41, 5.74) is 6.52. The van der Waals surface area contributed by atoms with Gasteiger partial charge >= 0.3 is 0 Å². The van der Waals surface area contributed by atoms with Gasteiger partial charge in [0.15, 0.2) is 0 Å². The van der Waals surface area contributed by atoms with Crippen molar-refractivity contribution in [1.82, 2.24) is 9.71 Å². The van der Waals surface area contributed by atoms with E-state index in [4.69, 9.17) is 9.57 Å². The molecule has 1 aliphatic rings. The molecule has 0 amide bonds. The standard InChI is InChI=1S/C22H18N2O2/c1-2-4-16(5-3-1)15-26-24-10-8-20-21(24)13-19(14-23-20)17-6-7-22-18(12-17)9-11-25-22/h1-8,10,12-14H,9,11,15H2. The maximum atomic E-state index is 5.97. The average molecular weight is 342 g/mol. The molecule has 1 aliphatic heterocycles. The Labute approximate surface area is 151 Å². The molecule has 0 atom stereocenters. The Kier molecular flexibility index (Phi) is 3.60. The fourth-order valence-corrected chi connectivity index (χ4v) is 3.34. The summed E-state index contributed by atoms with van der Waals surface area (Å²) in [6.45, 7) is 1.29. The molecule has 4 aromatic rings. The Bertz CT molecular complexity index is 1070. The largest absolute Gasteiger partial charge is 0.493 e. The number of rotatable bonds is 4. The highest BCUT2D eigenvalue weighted by Gasteiger charge is 2.13. The maximum absolute atomic E-state index is 5.97. The van der Waals surface area contributed by atoms with E-state index >= 15 is 0 Å². The monoisotopic (exact) mass is 342 g/mol. The lowest BCUT2D eigenvalue weighted by Gasteiger charge is -2.09. The van der Waals surface area contributed by atoms with Crippen molar-refractivity contribution in [2.24, 2.45) is 0 Å². The predicted molar refractivity (Wildman–Crippen MR) is 101 cm³/mol. The van der Waals surface area contributed by atoms with Crippen molar-refractivity contribution in [3.8, 4) is 16.9 Å². The molecule has 2 aromatic carbocycles. The van der Waals surface area contributed by atoms with Crippen molar-refractivity contribution in [3.05, 3.63) is 84.2 Å². The molecular formula is C22H18N2O2. The van der Waals surface area contributed by atoms with E-state index in [1.807, 2.05) is 42.7 Å². The van der Waals surface area contributed by atoms with Crippen LogP contribution >= 0.6 is 0 Å². The minimum absolute atomic E-state index is 0.519. The van der Waals surface area contributed by atoms with E-state index in [0.29, 0.717) is 6.61 Å².